The summed E-state index contributed by atoms with van der Waals surface area (Å²) >= 11 is 0. The predicted octanol–water partition coefficient (Wildman–Crippen LogP) is 1.82. The van der Waals surface area contributed by atoms with E-state index in [0.29, 0.717) is 18.4 Å². The number of carbonyl (C=O) groups excluding carboxylic acids is 1. The zero-order valence-electron chi connectivity index (χ0n) is 10.3. The molecule has 0 aliphatic carbocycles. The molecule has 0 spiro atoms. The van der Waals surface area contributed by atoms with E-state index in [1.807, 2.05) is 20.8 Å². The van der Waals surface area contributed by atoms with Crippen LogP contribution in [-0.2, 0) is 9.53 Å². The van der Waals surface area contributed by atoms with Crippen LogP contribution >= 0.6 is 0 Å². The van der Waals surface area contributed by atoms with E-state index in [0.717, 1.165) is 13.1 Å². The van der Waals surface area contributed by atoms with E-state index in [1.165, 1.54) is 6.42 Å². The molecule has 3 heteroatoms. The third-order valence-corrected chi connectivity index (χ3v) is 3.03. The van der Waals surface area contributed by atoms with Gasteiger partial charge in [0.1, 0.15) is 0 Å². The monoisotopic (exact) mass is 213 g/mol. The molecule has 15 heavy (non-hydrogen) atoms. The number of hydrogen-bond acceptors (Lipinski definition) is 3. The van der Waals surface area contributed by atoms with Gasteiger partial charge in [-0.3, -0.25) is 4.79 Å². The lowest BCUT2D eigenvalue weighted by Crippen LogP contribution is -2.39. The lowest BCUT2D eigenvalue weighted by Gasteiger charge is -2.30. The van der Waals surface area contributed by atoms with Gasteiger partial charge in [0.2, 0.25) is 0 Å². The number of ether oxygens (including phenoxy) is 1. The van der Waals surface area contributed by atoms with Crippen LogP contribution < -0.4 is 5.32 Å². The molecule has 1 heterocycles. The van der Waals surface area contributed by atoms with Crippen LogP contribution in [0.3, 0.4) is 0 Å². The molecule has 1 rings (SSSR count). The SMILES string of the molecule is CC1CCNCC1COC(=O)C(C)(C)C. The third-order valence-electron chi connectivity index (χ3n) is 3.03. The Labute approximate surface area is 92.6 Å². The molecule has 1 saturated heterocycles. The maximum absolute atomic E-state index is 11.6. The summed E-state index contributed by atoms with van der Waals surface area (Å²) in [5, 5.41) is 3.34. The normalized spacial score (nSPS) is 27.5. The minimum Gasteiger partial charge on any atom is -0.465 e. The van der Waals surface area contributed by atoms with Crippen molar-refractivity contribution in [2.45, 2.75) is 34.1 Å². The van der Waals surface area contributed by atoms with Gasteiger partial charge in [-0.1, -0.05) is 6.92 Å². The van der Waals surface area contributed by atoms with Crippen molar-refractivity contribution in [3.63, 3.8) is 0 Å². The van der Waals surface area contributed by atoms with E-state index in [4.69, 9.17) is 4.74 Å². The van der Waals surface area contributed by atoms with Gasteiger partial charge in [-0.05, 0) is 39.7 Å². The maximum Gasteiger partial charge on any atom is 0.311 e. The fourth-order valence-electron chi connectivity index (χ4n) is 1.68. The molecule has 2 atom stereocenters. The fourth-order valence-corrected chi connectivity index (χ4v) is 1.68. The first-order valence-electron chi connectivity index (χ1n) is 5.79. The summed E-state index contributed by atoms with van der Waals surface area (Å²) in [5.41, 5.74) is -0.384. The van der Waals surface area contributed by atoms with Crippen molar-refractivity contribution < 1.29 is 9.53 Å². The average Bonchev–Trinajstić information content (AvgIpc) is 2.14. The van der Waals surface area contributed by atoms with Crippen LogP contribution in [0.5, 0.6) is 0 Å². The number of hydrogen-bond donors (Lipinski definition) is 1. The highest BCUT2D eigenvalue weighted by atomic mass is 16.5. The number of piperidine rings is 1. The second-order valence-corrected chi connectivity index (χ2v) is 5.58. The highest BCUT2D eigenvalue weighted by Crippen LogP contribution is 2.21. The van der Waals surface area contributed by atoms with E-state index >= 15 is 0 Å². The van der Waals surface area contributed by atoms with Crippen molar-refractivity contribution >= 4 is 5.97 Å². The number of esters is 1. The highest BCUT2D eigenvalue weighted by Gasteiger charge is 2.26. The van der Waals surface area contributed by atoms with Crippen molar-refractivity contribution in [1.29, 1.82) is 0 Å². The van der Waals surface area contributed by atoms with Gasteiger partial charge in [-0.15, -0.1) is 0 Å². The van der Waals surface area contributed by atoms with Crippen LogP contribution in [0.25, 0.3) is 0 Å². The Bertz CT molecular complexity index is 220. The first-order chi connectivity index (χ1) is 6.91. The van der Waals surface area contributed by atoms with Gasteiger partial charge in [0, 0.05) is 12.5 Å². The predicted molar refractivity (Wildman–Crippen MR) is 60.6 cm³/mol. The van der Waals surface area contributed by atoms with Crippen molar-refractivity contribution in [1.82, 2.24) is 5.32 Å². The van der Waals surface area contributed by atoms with Gasteiger partial charge < -0.3 is 10.1 Å². The Balaban J connectivity index is 2.33. The van der Waals surface area contributed by atoms with E-state index in [2.05, 4.69) is 12.2 Å². The quantitative estimate of drug-likeness (QED) is 0.711. The summed E-state index contributed by atoms with van der Waals surface area (Å²) in [6.07, 6.45) is 1.18. The number of carbonyl (C=O) groups is 1. The second kappa shape index (κ2) is 4.97. The standard InChI is InChI=1S/C12H23NO2/c1-9-5-6-13-7-10(9)8-15-11(14)12(2,3)4/h9-10,13H,5-8H2,1-4H3. The molecule has 1 N–H and O–H groups in total. The van der Waals surface area contributed by atoms with Crippen molar-refractivity contribution in [2.75, 3.05) is 19.7 Å². The zero-order valence-corrected chi connectivity index (χ0v) is 10.3. The fraction of sp³-hybridized carbons (Fsp3) is 0.917. The number of rotatable bonds is 2. The summed E-state index contributed by atoms with van der Waals surface area (Å²) in [5.74, 6) is 1.03. The molecule has 0 saturated carbocycles. The van der Waals surface area contributed by atoms with Crippen LogP contribution in [0.15, 0.2) is 0 Å². The minimum atomic E-state index is -0.384. The summed E-state index contributed by atoms with van der Waals surface area (Å²) < 4.78 is 5.34. The summed E-state index contributed by atoms with van der Waals surface area (Å²) in [6.45, 7) is 10.5. The van der Waals surface area contributed by atoms with Gasteiger partial charge in [0.25, 0.3) is 0 Å². The van der Waals surface area contributed by atoms with Crippen LogP contribution in [0.4, 0.5) is 0 Å². The summed E-state index contributed by atoms with van der Waals surface area (Å²) in [7, 11) is 0. The summed E-state index contributed by atoms with van der Waals surface area (Å²) in [6, 6.07) is 0. The molecule has 3 nitrogen and oxygen atoms in total. The topological polar surface area (TPSA) is 38.3 Å². The van der Waals surface area contributed by atoms with Crippen LogP contribution in [0.2, 0.25) is 0 Å². The Morgan fingerprint density at radius 3 is 2.67 bits per heavy atom. The van der Waals surface area contributed by atoms with E-state index in [9.17, 15) is 4.79 Å². The molecule has 0 bridgehead atoms. The van der Waals surface area contributed by atoms with Gasteiger partial charge in [-0.2, -0.15) is 0 Å². The molecular formula is C12H23NO2. The first kappa shape index (κ1) is 12.5. The molecule has 0 aromatic carbocycles. The van der Waals surface area contributed by atoms with Crippen molar-refractivity contribution in [2.24, 2.45) is 17.3 Å². The smallest absolute Gasteiger partial charge is 0.311 e. The van der Waals surface area contributed by atoms with E-state index < -0.39 is 0 Å². The molecular weight excluding hydrogens is 190 g/mol. The zero-order chi connectivity index (χ0) is 11.5. The van der Waals surface area contributed by atoms with Gasteiger partial charge in [0.05, 0.1) is 12.0 Å². The summed E-state index contributed by atoms with van der Waals surface area (Å²) in [4.78, 5) is 11.6. The van der Waals surface area contributed by atoms with Gasteiger partial charge >= 0.3 is 5.97 Å². The lowest BCUT2D eigenvalue weighted by molar-refractivity contribution is -0.155. The first-order valence-corrected chi connectivity index (χ1v) is 5.79. The molecule has 0 radical (unpaired) electrons. The highest BCUT2D eigenvalue weighted by molar-refractivity contribution is 5.75. The molecule has 88 valence electrons. The molecule has 1 fully saturated rings. The Kier molecular flexibility index (Phi) is 4.14. The van der Waals surface area contributed by atoms with E-state index in [-0.39, 0.29) is 11.4 Å². The van der Waals surface area contributed by atoms with Crippen LogP contribution in [0, 0.1) is 17.3 Å². The maximum atomic E-state index is 11.6. The Morgan fingerprint density at radius 1 is 1.47 bits per heavy atom. The Hall–Kier alpha value is -0.570. The van der Waals surface area contributed by atoms with Gasteiger partial charge in [0.15, 0.2) is 0 Å². The average molecular weight is 213 g/mol. The van der Waals surface area contributed by atoms with E-state index in [1.54, 1.807) is 0 Å². The molecule has 0 aromatic rings. The van der Waals surface area contributed by atoms with Gasteiger partial charge in [-0.25, -0.2) is 0 Å². The number of nitrogens with one attached hydrogen (secondary N) is 1. The molecule has 1 aliphatic rings. The molecule has 1 aliphatic heterocycles. The van der Waals surface area contributed by atoms with Crippen LogP contribution in [-0.4, -0.2) is 25.7 Å². The largest absolute Gasteiger partial charge is 0.465 e. The van der Waals surface area contributed by atoms with Crippen molar-refractivity contribution in [3.05, 3.63) is 0 Å². The second-order valence-electron chi connectivity index (χ2n) is 5.58. The minimum absolute atomic E-state index is 0.0970. The molecule has 0 amide bonds. The van der Waals surface area contributed by atoms with Crippen LogP contribution in [0.1, 0.15) is 34.1 Å². The third kappa shape index (κ3) is 3.82. The van der Waals surface area contributed by atoms with Crippen molar-refractivity contribution in [3.8, 4) is 0 Å². The Morgan fingerprint density at radius 2 is 2.13 bits per heavy atom. The molecule has 0 aromatic heterocycles. The molecule has 2 unspecified atom stereocenters. The lowest BCUT2D eigenvalue weighted by atomic mass is 9.89.